The highest BCUT2D eigenvalue weighted by Gasteiger charge is 2.44. The van der Waals surface area contributed by atoms with Crippen molar-refractivity contribution in [3.63, 3.8) is 0 Å². The predicted octanol–water partition coefficient (Wildman–Crippen LogP) is 5.72. The number of carbonyl (C=O) groups is 2. The first-order chi connectivity index (χ1) is 19.0. The summed E-state index contributed by atoms with van der Waals surface area (Å²) in [4.78, 5) is 33.7. The number of aromatic nitrogens is 3. The van der Waals surface area contributed by atoms with Crippen LogP contribution >= 0.6 is 11.6 Å². The number of nitrogens with zero attached hydrogens (tertiary/aromatic N) is 3. The summed E-state index contributed by atoms with van der Waals surface area (Å²) in [5.41, 5.74) is 6.02. The average molecular weight is 544 g/mol. The Balaban J connectivity index is 1.11. The van der Waals surface area contributed by atoms with Crippen LogP contribution in [0.15, 0.2) is 61.1 Å². The van der Waals surface area contributed by atoms with Gasteiger partial charge in [0.2, 0.25) is 5.91 Å². The van der Waals surface area contributed by atoms with Gasteiger partial charge in [-0.15, -0.1) is 0 Å². The minimum atomic E-state index is -0.222. The number of rotatable bonds is 10. The Hall–Kier alpha value is -3.91. The van der Waals surface area contributed by atoms with Crippen LogP contribution in [0.2, 0.25) is 5.02 Å². The largest absolute Gasteiger partial charge is 0.469 e. The molecule has 0 unspecified atom stereocenters. The predicted molar refractivity (Wildman–Crippen MR) is 150 cm³/mol. The highest BCUT2D eigenvalue weighted by Crippen LogP contribution is 2.48. The van der Waals surface area contributed by atoms with Crippen molar-refractivity contribution in [2.24, 2.45) is 5.92 Å². The van der Waals surface area contributed by atoms with Crippen molar-refractivity contribution in [2.45, 2.75) is 50.5 Å². The van der Waals surface area contributed by atoms with Gasteiger partial charge in [0.1, 0.15) is 11.5 Å². The van der Waals surface area contributed by atoms with Gasteiger partial charge in [-0.1, -0.05) is 29.8 Å². The van der Waals surface area contributed by atoms with Crippen LogP contribution in [-0.2, 0) is 27.3 Å². The summed E-state index contributed by atoms with van der Waals surface area (Å²) in [6.07, 6.45) is 9.99. The van der Waals surface area contributed by atoms with Crippen molar-refractivity contribution in [3.05, 3.63) is 88.5 Å². The molecule has 39 heavy (non-hydrogen) atoms. The molecule has 1 amide bonds. The molecule has 2 N–H and O–H groups in total. The first kappa shape index (κ1) is 25.4. The second-order valence-electron chi connectivity index (χ2n) is 10.4. The molecule has 2 aliphatic carbocycles. The summed E-state index contributed by atoms with van der Waals surface area (Å²) >= 11 is 6.11. The van der Waals surface area contributed by atoms with E-state index in [1.807, 2.05) is 42.6 Å². The van der Waals surface area contributed by atoms with Crippen molar-refractivity contribution in [1.29, 1.82) is 0 Å². The summed E-state index contributed by atoms with van der Waals surface area (Å²) < 4.78 is 6.91. The van der Waals surface area contributed by atoms with Crippen molar-refractivity contribution in [3.8, 4) is 0 Å². The Labute approximate surface area is 231 Å². The first-order valence-electron chi connectivity index (χ1n) is 13.3. The van der Waals surface area contributed by atoms with Crippen LogP contribution in [0.5, 0.6) is 0 Å². The second kappa shape index (κ2) is 10.7. The molecule has 2 atom stereocenters. The Morgan fingerprint density at radius 2 is 2.00 bits per heavy atom. The number of imidazole rings is 1. The fourth-order valence-electron chi connectivity index (χ4n) is 5.10. The van der Waals surface area contributed by atoms with E-state index in [1.165, 1.54) is 25.5 Å². The lowest BCUT2D eigenvalue weighted by Crippen LogP contribution is -2.15. The average Bonchev–Trinajstić information content (AvgIpc) is 3.87. The molecule has 8 nitrogen and oxygen atoms in total. The number of pyridine rings is 2. The zero-order valence-corrected chi connectivity index (χ0v) is 22.4. The Kier molecular flexibility index (Phi) is 6.95. The van der Waals surface area contributed by atoms with Gasteiger partial charge in [-0.3, -0.25) is 9.59 Å². The molecule has 9 heteroatoms. The molecule has 1 aromatic carbocycles. The molecule has 2 fully saturated rings. The lowest BCUT2D eigenvalue weighted by Gasteiger charge is -2.08. The number of hydrogen-bond donors (Lipinski definition) is 2. The van der Waals surface area contributed by atoms with Crippen LogP contribution in [0.4, 0.5) is 11.5 Å². The minimum Gasteiger partial charge on any atom is -0.469 e. The summed E-state index contributed by atoms with van der Waals surface area (Å²) in [5, 5.41) is 7.04. The first-order valence-corrected chi connectivity index (χ1v) is 13.7. The van der Waals surface area contributed by atoms with E-state index < -0.39 is 0 Å². The maximum Gasteiger partial charge on any atom is 0.305 e. The number of hydrogen-bond acceptors (Lipinski definition) is 6. The third-order valence-electron chi connectivity index (χ3n) is 7.46. The molecule has 0 radical (unpaired) electrons. The van der Waals surface area contributed by atoms with E-state index in [0.717, 1.165) is 34.6 Å². The van der Waals surface area contributed by atoms with E-state index >= 15 is 0 Å². The van der Waals surface area contributed by atoms with Gasteiger partial charge in [-0.25, -0.2) is 9.97 Å². The number of fused-ring (bicyclic) bond motifs is 1. The quantitative estimate of drug-likeness (QED) is 0.248. The van der Waals surface area contributed by atoms with Crippen LogP contribution in [0.1, 0.15) is 59.9 Å². The highest BCUT2D eigenvalue weighted by molar-refractivity contribution is 6.30. The molecule has 0 aliphatic heterocycles. The Bertz CT molecular complexity index is 1550. The number of methoxy groups -OCH3 is 1. The van der Waals surface area contributed by atoms with Crippen LogP contribution in [-0.4, -0.2) is 33.4 Å². The van der Waals surface area contributed by atoms with Gasteiger partial charge in [0, 0.05) is 47.7 Å². The van der Waals surface area contributed by atoms with Crippen molar-refractivity contribution in [2.75, 3.05) is 17.7 Å². The van der Waals surface area contributed by atoms with E-state index in [1.54, 1.807) is 6.20 Å². The van der Waals surface area contributed by atoms with Gasteiger partial charge in [0.25, 0.3) is 0 Å². The third kappa shape index (κ3) is 5.91. The SMILES string of the molecule is COC(=O)CCc1cc(C2CC2)cn2cc(CNc3ccnc(NC(=O)[C@H]4C[C@@H]4c4cccc(Cl)c4)c3)nc12. The van der Waals surface area contributed by atoms with Gasteiger partial charge in [0.05, 0.1) is 19.3 Å². The topological polar surface area (TPSA) is 97.6 Å². The molecular formula is C30H30ClN5O3. The number of aryl methyl sites for hydroxylation is 1. The van der Waals surface area contributed by atoms with Crippen LogP contribution < -0.4 is 10.6 Å². The zero-order chi connectivity index (χ0) is 26.9. The maximum absolute atomic E-state index is 12.8. The highest BCUT2D eigenvalue weighted by atomic mass is 35.5. The van der Waals surface area contributed by atoms with Crippen molar-refractivity contribution in [1.82, 2.24) is 14.4 Å². The van der Waals surface area contributed by atoms with Gasteiger partial charge in [0.15, 0.2) is 0 Å². The fourth-order valence-corrected chi connectivity index (χ4v) is 5.30. The molecule has 2 aliphatic rings. The molecule has 200 valence electrons. The monoisotopic (exact) mass is 543 g/mol. The smallest absolute Gasteiger partial charge is 0.305 e. The van der Waals surface area contributed by atoms with Crippen LogP contribution in [0, 0.1) is 5.92 Å². The summed E-state index contributed by atoms with van der Waals surface area (Å²) in [6, 6.07) is 13.6. The van der Waals surface area contributed by atoms with Crippen molar-refractivity contribution < 1.29 is 14.3 Å². The molecular weight excluding hydrogens is 514 g/mol. The third-order valence-corrected chi connectivity index (χ3v) is 7.70. The van der Waals surface area contributed by atoms with Gasteiger partial charge < -0.3 is 19.8 Å². The number of nitrogens with one attached hydrogen (secondary N) is 2. The summed E-state index contributed by atoms with van der Waals surface area (Å²) in [6.45, 7) is 0.508. The fraction of sp³-hybridized carbons (Fsp3) is 0.333. The molecule has 0 saturated heterocycles. The molecule has 6 rings (SSSR count). The lowest BCUT2D eigenvalue weighted by atomic mass is 10.1. The minimum absolute atomic E-state index is 0.0315. The van der Waals surface area contributed by atoms with Crippen molar-refractivity contribution >= 4 is 40.6 Å². The van der Waals surface area contributed by atoms with E-state index in [9.17, 15) is 9.59 Å². The Morgan fingerprint density at radius 1 is 1.13 bits per heavy atom. The number of halogens is 1. The molecule has 3 heterocycles. The van der Waals surface area contributed by atoms with E-state index in [0.29, 0.717) is 36.1 Å². The van der Waals surface area contributed by atoms with Gasteiger partial charge >= 0.3 is 5.97 Å². The molecule has 0 spiro atoms. The number of esters is 1. The van der Waals surface area contributed by atoms with E-state index in [-0.39, 0.29) is 23.7 Å². The standard InChI is InChI=1S/C30H30ClN5O3/c1-39-28(37)8-7-20-11-21(18-5-6-18)16-36-17-24(34-29(20)36)15-33-23-9-10-32-27(13-23)35-30(38)26-14-25(26)19-3-2-4-22(31)12-19/h2-4,9-13,16-18,25-26H,5-8,14-15H2,1H3,(H2,32,33,35,38)/t25-,26+/m1/s1. The second-order valence-corrected chi connectivity index (χ2v) is 10.8. The molecule has 3 aromatic heterocycles. The number of anilines is 2. The molecule has 4 aromatic rings. The van der Waals surface area contributed by atoms with Gasteiger partial charge in [-0.2, -0.15) is 0 Å². The summed E-state index contributed by atoms with van der Waals surface area (Å²) in [7, 11) is 1.41. The maximum atomic E-state index is 12.8. The van der Waals surface area contributed by atoms with E-state index in [4.69, 9.17) is 21.3 Å². The number of carbonyl (C=O) groups excluding carboxylic acids is 2. The van der Waals surface area contributed by atoms with Crippen LogP contribution in [0.25, 0.3) is 5.65 Å². The summed E-state index contributed by atoms with van der Waals surface area (Å²) in [5.74, 6) is 0.969. The van der Waals surface area contributed by atoms with E-state index in [2.05, 4.69) is 32.3 Å². The van der Waals surface area contributed by atoms with Gasteiger partial charge in [-0.05, 0) is 72.4 Å². The Morgan fingerprint density at radius 3 is 2.79 bits per heavy atom. The molecule has 2 saturated carbocycles. The van der Waals surface area contributed by atoms with Crippen LogP contribution in [0.3, 0.4) is 0 Å². The lowest BCUT2D eigenvalue weighted by molar-refractivity contribution is -0.140. The number of amides is 1. The number of ether oxygens (including phenoxy) is 1. The normalized spacial score (nSPS) is 18.1. The molecule has 0 bridgehead atoms. The number of benzene rings is 1. The zero-order valence-electron chi connectivity index (χ0n) is 21.7.